The van der Waals surface area contributed by atoms with Gasteiger partial charge in [-0.15, -0.1) is 11.6 Å². The summed E-state index contributed by atoms with van der Waals surface area (Å²) in [5.74, 6) is 1.83. The molecule has 2 heteroatoms. The van der Waals surface area contributed by atoms with E-state index in [0.29, 0.717) is 17.6 Å². The van der Waals surface area contributed by atoms with Gasteiger partial charge in [0.1, 0.15) is 5.78 Å². The molecule has 90 valence electrons. The highest BCUT2D eigenvalue weighted by atomic mass is 35.5. The predicted molar refractivity (Wildman–Crippen MR) is 67.4 cm³/mol. The Kier molecular flexibility index (Phi) is 9.18. The fourth-order valence-electron chi connectivity index (χ4n) is 2.00. The third kappa shape index (κ3) is 6.94. The fraction of sp³-hybridized carbons (Fsp3) is 0.923. The second-order valence-electron chi connectivity index (χ2n) is 4.44. The van der Waals surface area contributed by atoms with E-state index in [2.05, 4.69) is 13.8 Å². The van der Waals surface area contributed by atoms with Crippen molar-refractivity contribution < 1.29 is 4.79 Å². The minimum atomic E-state index is 0.198. The van der Waals surface area contributed by atoms with Crippen molar-refractivity contribution in [2.45, 2.75) is 59.3 Å². The van der Waals surface area contributed by atoms with Crippen LogP contribution in [0.2, 0.25) is 0 Å². The van der Waals surface area contributed by atoms with E-state index < -0.39 is 0 Å². The van der Waals surface area contributed by atoms with Crippen LogP contribution in [0.3, 0.4) is 0 Å². The van der Waals surface area contributed by atoms with Crippen molar-refractivity contribution in [3.05, 3.63) is 0 Å². The van der Waals surface area contributed by atoms with Crippen LogP contribution in [-0.2, 0) is 4.79 Å². The van der Waals surface area contributed by atoms with E-state index in [9.17, 15) is 4.79 Å². The van der Waals surface area contributed by atoms with Crippen LogP contribution in [0.4, 0.5) is 0 Å². The number of unbranched alkanes of at least 4 members (excludes halogenated alkanes) is 1. The topological polar surface area (TPSA) is 17.1 Å². The van der Waals surface area contributed by atoms with Crippen molar-refractivity contribution in [3.63, 3.8) is 0 Å². The first kappa shape index (κ1) is 15.0. The van der Waals surface area contributed by atoms with E-state index in [0.717, 1.165) is 12.8 Å². The molecule has 2 atom stereocenters. The molecule has 0 radical (unpaired) electrons. The zero-order valence-electron chi connectivity index (χ0n) is 10.4. The van der Waals surface area contributed by atoms with E-state index in [1.165, 1.54) is 25.7 Å². The molecule has 1 nitrogen and oxygen atoms in total. The Morgan fingerprint density at radius 1 is 1.27 bits per heavy atom. The molecule has 0 aliphatic carbocycles. The van der Waals surface area contributed by atoms with Crippen molar-refractivity contribution in [3.8, 4) is 0 Å². The molecule has 0 aromatic rings. The normalized spacial score (nSPS) is 14.9. The Bertz CT molecular complexity index is 168. The Morgan fingerprint density at radius 3 is 2.33 bits per heavy atom. The van der Waals surface area contributed by atoms with Gasteiger partial charge in [-0.05, 0) is 25.7 Å². The van der Waals surface area contributed by atoms with E-state index in [1.54, 1.807) is 6.92 Å². The summed E-state index contributed by atoms with van der Waals surface area (Å²) in [6.45, 7) is 6.13. The first-order chi connectivity index (χ1) is 7.15. The van der Waals surface area contributed by atoms with Gasteiger partial charge >= 0.3 is 0 Å². The molecule has 0 bridgehead atoms. The molecular weight excluding hydrogens is 208 g/mol. The number of carbonyl (C=O) groups is 1. The van der Waals surface area contributed by atoms with Gasteiger partial charge in [-0.1, -0.05) is 39.5 Å². The summed E-state index contributed by atoms with van der Waals surface area (Å²) in [7, 11) is 0. The SMILES string of the molecule is CCCCC(CC)CC(CCCl)C(C)=O. The summed E-state index contributed by atoms with van der Waals surface area (Å²) in [5.41, 5.74) is 0. The fourth-order valence-corrected chi connectivity index (χ4v) is 2.27. The molecule has 0 saturated heterocycles. The molecule has 0 heterocycles. The van der Waals surface area contributed by atoms with Crippen LogP contribution in [0.15, 0.2) is 0 Å². The van der Waals surface area contributed by atoms with Gasteiger partial charge in [0.15, 0.2) is 0 Å². The molecule has 15 heavy (non-hydrogen) atoms. The predicted octanol–water partition coefficient (Wildman–Crippen LogP) is 4.43. The quantitative estimate of drug-likeness (QED) is 0.538. The molecule has 0 spiro atoms. The Labute approximate surface area is 99.6 Å². The van der Waals surface area contributed by atoms with Gasteiger partial charge < -0.3 is 0 Å². The lowest BCUT2D eigenvalue weighted by atomic mass is 9.85. The first-order valence-corrected chi connectivity index (χ1v) is 6.75. The van der Waals surface area contributed by atoms with E-state index in [-0.39, 0.29) is 5.92 Å². The molecule has 0 saturated carbocycles. The molecule has 0 aliphatic heterocycles. The molecule has 2 unspecified atom stereocenters. The second kappa shape index (κ2) is 9.21. The van der Waals surface area contributed by atoms with Crippen LogP contribution >= 0.6 is 11.6 Å². The van der Waals surface area contributed by atoms with Gasteiger partial charge in [0.05, 0.1) is 0 Å². The standard InChI is InChI=1S/C13H25ClO/c1-4-6-7-12(5-2)10-13(8-9-14)11(3)15/h12-13H,4-10H2,1-3H3. The molecule has 0 aromatic carbocycles. The van der Waals surface area contributed by atoms with Gasteiger partial charge in [0, 0.05) is 11.8 Å². The smallest absolute Gasteiger partial charge is 0.132 e. The molecule has 0 N–H and O–H groups in total. The lowest BCUT2D eigenvalue weighted by Gasteiger charge is -2.20. The monoisotopic (exact) mass is 232 g/mol. The molecular formula is C13H25ClO. The highest BCUT2D eigenvalue weighted by Crippen LogP contribution is 2.24. The van der Waals surface area contributed by atoms with Gasteiger partial charge in [-0.2, -0.15) is 0 Å². The lowest BCUT2D eigenvalue weighted by Crippen LogP contribution is -2.16. The number of rotatable bonds is 9. The Balaban J connectivity index is 4.03. The average molecular weight is 233 g/mol. The summed E-state index contributed by atoms with van der Waals surface area (Å²) < 4.78 is 0. The minimum Gasteiger partial charge on any atom is -0.300 e. The lowest BCUT2D eigenvalue weighted by molar-refractivity contribution is -0.121. The Morgan fingerprint density at radius 2 is 1.93 bits per heavy atom. The number of Topliss-reactive ketones (excluding diaryl/α,β-unsaturated/α-hetero) is 1. The van der Waals surface area contributed by atoms with Crippen LogP contribution in [0.5, 0.6) is 0 Å². The second-order valence-corrected chi connectivity index (χ2v) is 4.82. The summed E-state index contributed by atoms with van der Waals surface area (Å²) >= 11 is 5.72. The molecule has 0 aliphatic rings. The number of hydrogen-bond acceptors (Lipinski definition) is 1. The molecule has 0 rings (SSSR count). The van der Waals surface area contributed by atoms with Crippen molar-refractivity contribution in [1.82, 2.24) is 0 Å². The van der Waals surface area contributed by atoms with Crippen LogP contribution in [0.25, 0.3) is 0 Å². The third-order valence-electron chi connectivity index (χ3n) is 3.19. The van der Waals surface area contributed by atoms with Crippen LogP contribution in [0.1, 0.15) is 59.3 Å². The van der Waals surface area contributed by atoms with Crippen molar-refractivity contribution in [2.75, 3.05) is 5.88 Å². The van der Waals surface area contributed by atoms with E-state index >= 15 is 0 Å². The number of alkyl halides is 1. The summed E-state index contributed by atoms with van der Waals surface area (Å²) in [6, 6.07) is 0. The average Bonchev–Trinajstić information content (AvgIpc) is 2.22. The van der Waals surface area contributed by atoms with Crippen molar-refractivity contribution in [1.29, 1.82) is 0 Å². The van der Waals surface area contributed by atoms with Crippen LogP contribution < -0.4 is 0 Å². The highest BCUT2D eigenvalue weighted by Gasteiger charge is 2.18. The first-order valence-electron chi connectivity index (χ1n) is 6.22. The highest BCUT2D eigenvalue weighted by molar-refractivity contribution is 6.18. The number of carbonyl (C=O) groups excluding carboxylic acids is 1. The maximum Gasteiger partial charge on any atom is 0.132 e. The van der Waals surface area contributed by atoms with Crippen LogP contribution in [-0.4, -0.2) is 11.7 Å². The van der Waals surface area contributed by atoms with Crippen LogP contribution in [0, 0.1) is 11.8 Å². The number of ketones is 1. The zero-order chi connectivity index (χ0) is 11.7. The van der Waals surface area contributed by atoms with Gasteiger partial charge in [0.2, 0.25) is 0 Å². The van der Waals surface area contributed by atoms with E-state index in [1.807, 2.05) is 0 Å². The van der Waals surface area contributed by atoms with Gasteiger partial charge in [-0.25, -0.2) is 0 Å². The molecule has 0 fully saturated rings. The van der Waals surface area contributed by atoms with Crippen molar-refractivity contribution >= 4 is 17.4 Å². The number of hydrogen-bond donors (Lipinski definition) is 0. The summed E-state index contributed by atoms with van der Waals surface area (Å²) in [5, 5.41) is 0. The third-order valence-corrected chi connectivity index (χ3v) is 3.41. The molecule has 0 aromatic heterocycles. The van der Waals surface area contributed by atoms with Gasteiger partial charge in [0.25, 0.3) is 0 Å². The molecule has 0 amide bonds. The summed E-state index contributed by atoms with van der Waals surface area (Å²) in [6.07, 6.45) is 6.87. The van der Waals surface area contributed by atoms with E-state index in [4.69, 9.17) is 11.6 Å². The zero-order valence-corrected chi connectivity index (χ0v) is 11.1. The summed E-state index contributed by atoms with van der Waals surface area (Å²) in [4.78, 5) is 11.4. The maximum absolute atomic E-state index is 11.4. The van der Waals surface area contributed by atoms with Crippen molar-refractivity contribution in [2.24, 2.45) is 11.8 Å². The maximum atomic E-state index is 11.4. The Hall–Kier alpha value is -0.0400. The van der Waals surface area contributed by atoms with Gasteiger partial charge in [-0.3, -0.25) is 4.79 Å². The minimum absolute atomic E-state index is 0.198. The largest absolute Gasteiger partial charge is 0.300 e. The number of halogens is 1.